The minimum atomic E-state index is -0.477. The van der Waals surface area contributed by atoms with E-state index in [9.17, 15) is 9.59 Å². The lowest BCUT2D eigenvalue weighted by molar-refractivity contribution is -0.139. The van der Waals surface area contributed by atoms with Gasteiger partial charge in [-0.1, -0.05) is 0 Å². The summed E-state index contributed by atoms with van der Waals surface area (Å²) < 4.78 is 9.89. The number of carbonyl (C=O) groups excluding carboxylic acids is 2. The van der Waals surface area contributed by atoms with Crippen molar-refractivity contribution in [2.45, 2.75) is 57.8 Å². The lowest BCUT2D eigenvalue weighted by atomic mass is 10.2. The van der Waals surface area contributed by atoms with Crippen LogP contribution in [0.2, 0.25) is 0 Å². The average Bonchev–Trinajstić information content (AvgIpc) is 3.00. The highest BCUT2D eigenvalue weighted by Gasteiger charge is 2.38. The molecule has 1 fully saturated rings. The van der Waals surface area contributed by atoms with E-state index in [-0.39, 0.29) is 24.1 Å². The van der Waals surface area contributed by atoms with Gasteiger partial charge in [-0.2, -0.15) is 0 Å². The van der Waals surface area contributed by atoms with Crippen LogP contribution in [0.1, 0.15) is 36.9 Å². The molecule has 1 heterocycles. The molecule has 23 heavy (non-hydrogen) atoms. The minimum absolute atomic E-state index is 0.124. The number of ether oxygens (including phenoxy) is 2. The van der Waals surface area contributed by atoms with Crippen LogP contribution in [-0.2, 0) is 27.2 Å². The number of carbonyl (C=O) groups is 2. The summed E-state index contributed by atoms with van der Waals surface area (Å²) in [5, 5.41) is 6.25. The van der Waals surface area contributed by atoms with Crippen molar-refractivity contribution in [2.24, 2.45) is 0 Å². The smallest absolute Gasteiger partial charge is 0.407 e. The van der Waals surface area contributed by atoms with Gasteiger partial charge in [0.1, 0.15) is 5.60 Å². The van der Waals surface area contributed by atoms with Crippen LogP contribution in [0, 0.1) is 0 Å². The second-order valence-electron chi connectivity index (χ2n) is 6.60. The van der Waals surface area contributed by atoms with Gasteiger partial charge in [-0.05, 0) is 39.3 Å². The predicted molar refractivity (Wildman–Crippen MR) is 88.4 cm³/mol. The average molecular weight is 340 g/mol. The monoisotopic (exact) mass is 340 g/mol. The Kier molecular flexibility index (Phi) is 5.64. The van der Waals surface area contributed by atoms with Gasteiger partial charge < -0.3 is 20.1 Å². The molecule has 1 saturated carbocycles. The first kappa shape index (κ1) is 17.7. The van der Waals surface area contributed by atoms with E-state index >= 15 is 0 Å². The highest BCUT2D eigenvalue weighted by molar-refractivity contribution is 7.12. The summed E-state index contributed by atoms with van der Waals surface area (Å²) in [6.07, 6.45) is 0.843. The second-order valence-corrected chi connectivity index (χ2v) is 7.85. The summed E-state index contributed by atoms with van der Waals surface area (Å²) in [5.41, 5.74) is -0.477. The molecule has 1 aromatic heterocycles. The first-order valence-corrected chi connectivity index (χ1v) is 8.46. The van der Waals surface area contributed by atoms with E-state index in [0.717, 1.165) is 22.7 Å². The first-order valence-electron chi connectivity index (χ1n) is 7.64. The fourth-order valence-corrected chi connectivity index (χ4v) is 3.05. The number of methoxy groups -OCH3 is 1. The molecule has 0 spiro atoms. The number of nitrogens with one attached hydrogen (secondary N) is 2. The Balaban J connectivity index is 1.68. The van der Waals surface area contributed by atoms with Crippen LogP contribution in [-0.4, -0.2) is 36.9 Å². The Morgan fingerprint density at radius 1 is 1.26 bits per heavy atom. The molecule has 7 heteroatoms. The topological polar surface area (TPSA) is 76.7 Å². The van der Waals surface area contributed by atoms with Gasteiger partial charge in [0.15, 0.2) is 0 Å². The molecule has 0 radical (unpaired) electrons. The van der Waals surface area contributed by atoms with Gasteiger partial charge in [-0.25, -0.2) is 4.79 Å². The van der Waals surface area contributed by atoms with Crippen molar-refractivity contribution in [3.8, 4) is 0 Å². The molecular weight excluding hydrogens is 316 g/mol. The normalized spacial score (nSPS) is 20.0. The van der Waals surface area contributed by atoms with E-state index in [4.69, 9.17) is 4.74 Å². The van der Waals surface area contributed by atoms with E-state index in [0.29, 0.717) is 6.42 Å². The third-order valence-corrected chi connectivity index (χ3v) is 4.38. The summed E-state index contributed by atoms with van der Waals surface area (Å²) in [6.45, 7) is 6.26. The molecule has 0 aromatic carbocycles. The standard InChI is InChI=1S/C16H24N2O4S/c1-16(2,3)22-15(20)18-13-8-12(13)17-9-11-6-5-10(23-11)7-14(19)21-4/h5-6,12-13,17H,7-9H2,1-4H3,(H,18,20). The van der Waals surface area contributed by atoms with E-state index < -0.39 is 5.60 Å². The largest absolute Gasteiger partial charge is 0.469 e. The lowest BCUT2D eigenvalue weighted by Crippen LogP contribution is -2.36. The van der Waals surface area contributed by atoms with Crippen LogP contribution < -0.4 is 10.6 Å². The highest BCUT2D eigenvalue weighted by Crippen LogP contribution is 2.24. The van der Waals surface area contributed by atoms with Crippen molar-refractivity contribution in [1.29, 1.82) is 0 Å². The summed E-state index contributed by atoms with van der Waals surface area (Å²) in [7, 11) is 1.39. The molecule has 1 aliphatic carbocycles. The number of hydrogen-bond donors (Lipinski definition) is 2. The molecule has 128 valence electrons. The first-order chi connectivity index (χ1) is 10.8. The van der Waals surface area contributed by atoms with Gasteiger partial charge in [-0.15, -0.1) is 11.3 Å². The fraction of sp³-hybridized carbons (Fsp3) is 0.625. The van der Waals surface area contributed by atoms with E-state index in [1.807, 2.05) is 32.9 Å². The van der Waals surface area contributed by atoms with Crippen molar-refractivity contribution >= 4 is 23.4 Å². The Hall–Kier alpha value is -1.60. The van der Waals surface area contributed by atoms with Crippen LogP contribution in [0.15, 0.2) is 12.1 Å². The SMILES string of the molecule is COC(=O)Cc1ccc(CNC2CC2NC(=O)OC(C)(C)C)s1. The van der Waals surface area contributed by atoms with Gasteiger partial charge in [0.2, 0.25) is 0 Å². The number of amides is 1. The summed E-state index contributed by atoms with van der Waals surface area (Å²) >= 11 is 1.59. The maximum Gasteiger partial charge on any atom is 0.407 e. The molecule has 2 atom stereocenters. The third-order valence-electron chi connectivity index (χ3n) is 3.29. The lowest BCUT2D eigenvalue weighted by Gasteiger charge is -2.19. The minimum Gasteiger partial charge on any atom is -0.469 e. The van der Waals surface area contributed by atoms with Gasteiger partial charge in [-0.3, -0.25) is 4.79 Å². The van der Waals surface area contributed by atoms with Crippen LogP contribution in [0.5, 0.6) is 0 Å². The Bertz CT molecular complexity index is 565. The summed E-state index contributed by atoms with van der Waals surface area (Å²) in [4.78, 5) is 25.0. The van der Waals surface area contributed by atoms with Crippen LogP contribution in [0.3, 0.4) is 0 Å². The molecule has 6 nitrogen and oxygen atoms in total. The molecule has 2 unspecified atom stereocenters. The molecule has 1 amide bonds. The number of hydrogen-bond acceptors (Lipinski definition) is 6. The summed E-state index contributed by atoms with van der Waals surface area (Å²) in [5.74, 6) is -0.227. The molecule has 0 bridgehead atoms. The third kappa shape index (κ3) is 6.19. The van der Waals surface area contributed by atoms with Crippen molar-refractivity contribution in [2.75, 3.05) is 7.11 Å². The Morgan fingerprint density at radius 3 is 2.61 bits per heavy atom. The van der Waals surface area contributed by atoms with Crippen LogP contribution in [0.4, 0.5) is 4.79 Å². The summed E-state index contributed by atoms with van der Waals surface area (Å²) in [6, 6.07) is 4.35. The molecular formula is C16H24N2O4S. The van der Waals surface area contributed by atoms with Crippen molar-refractivity contribution in [1.82, 2.24) is 10.6 Å². The number of esters is 1. The number of alkyl carbamates (subject to hydrolysis) is 1. The van der Waals surface area contributed by atoms with Crippen molar-refractivity contribution in [3.63, 3.8) is 0 Å². The van der Waals surface area contributed by atoms with Crippen molar-refractivity contribution < 1.29 is 19.1 Å². The second kappa shape index (κ2) is 7.31. The van der Waals surface area contributed by atoms with E-state index in [1.165, 1.54) is 7.11 Å². The predicted octanol–water partition coefficient (Wildman–Crippen LogP) is 2.22. The van der Waals surface area contributed by atoms with Gasteiger partial charge in [0, 0.05) is 28.4 Å². The molecule has 1 aromatic rings. The highest BCUT2D eigenvalue weighted by atomic mass is 32.1. The Labute approximate surface area is 140 Å². The van der Waals surface area contributed by atoms with Gasteiger partial charge >= 0.3 is 12.1 Å². The Morgan fingerprint density at radius 2 is 1.96 bits per heavy atom. The molecule has 0 saturated heterocycles. The van der Waals surface area contributed by atoms with E-state index in [2.05, 4.69) is 15.4 Å². The molecule has 1 aliphatic rings. The number of thiophene rings is 1. The van der Waals surface area contributed by atoms with Crippen molar-refractivity contribution in [3.05, 3.63) is 21.9 Å². The fourth-order valence-electron chi connectivity index (χ4n) is 2.10. The zero-order valence-electron chi connectivity index (χ0n) is 14.0. The van der Waals surface area contributed by atoms with Crippen LogP contribution >= 0.6 is 11.3 Å². The molecule has 2 N–H and O–H groups in total. The maximum absolute atomic E-state index is 11.7. The maximum atomic E-state index is 11.7. The molecule has 0 aliphatic heterocycles. The zero-order chi connectivity index (χ0) is 17.0. The zero-order valence-corrected chi connectivity index (χ0v) is 14.8. The number of rotatable bonds is 6. The quantitative estimate of drug-likeness (QED) is 0.777. The van der Waals surface area contributed by atoms with Crippen LogP contribution in [0.25, 0.3) is 0 Å². The molecule has 2 rings (SSSR count). The van der Waals surface area contributed by atoms with Gasteiger partial charge in [0.05, 0.1) is 13.5 Å². The van der Waals surface area contributed by atoms with Gasteiger partial charge in [0.25, 0.3) is 0 Å². The van der Waals surface area contributed by atoms with E-state index in [1.54, 1.807) is 11.3 Å².